The van der Waals surface area contributed by atoms with Crippen molar-refractivity contribution in [2.24, 2.45) is 5.73 Å². The van der Waals surface area contributed by atoms with E-state index in [0.29, 0.717) is 6.04 Å². The number of hydrogen-bond acceptors (Lipinski definition) is 3. The minimum atomic E-state index is 0.180. The molecule has 3 nitrogen and oxygen atoms in total. The van der Waals surface area contributed by atoms with E-state index < -0.39 is 0 Å². The minimum absolute atomic E-state index is 0.180. The maximum atomic E-state index is 6.47. The fourth-order valence-corrected chi connectivity index (χ4v) is 4.01. The van der Waals surface area contributed by atoms with Gasteiger partial charge in [-0.3, -0.25) is 9.80 Å². The molecule has 4 heteroatoms. The molecule has 3 unspecified atom stereocenters. The summed E-state index contributed by atoms with van der Waals surface area (Å²) in [6, 6.07) is 9.48. The molecule has 3 rings (SSSR count). The highest BCUT2D eigenvalue weighted by atomic mass is 35.5. The van der Waals surface area contributed by atoms with Gasteiger partial charge in [-0.15, -0.1) is 0 Å². The number of hydrogen-bond donors (Lipinski definition) is 1. The van der Waals surface area contributed by atoms with Crippen LogP contribution < -0.4 is 5.73 Å². The van der Waals surface area contributed by atoms with Crippen molar-refractivity contribution in [2.75, 3.05) is 26.2 Å². The first-order chi connectivity index (χ1) is 10.2. The van der Waals surface area contributed by atoms with E-state index in [9.17, 15) is 0 Å². The summed E-state index contributed by atoms with van der Waals surface area (Å²) in [6.07, 6.45) is 3.69. The van der Waals surface area contributed by atoms with Crippen molar-refractivity contribution in [1.82, 2.24) is 9.80 Å². The summed E-state index contributed by atoms with van der Waals surface area (Å²) in [6.45, 7) is 6.92. The third kappa shape index (κ3) is 3.26. The molecule has 2 saturated heterocycles. The van der Waals surface area contributed by atoms with Crippen LogP contribution in [0.25, 0.3) is 0 Å². The lowest BCUT2D eigenvalue weighted by atomic mass is 9.95. The molecule has 1 aromatic rings. The molecule has 2 aliphatic rings. The number of halogens is 1. The molecule has 2 N–H and O–H groups in total. The Labute approximate surface area is 133 Å². The second-order valence-corrected chi connectivity index (χ2v) is 6.83. The van der Waals surface area contributed by atoms with Crippen LogP contribution in [0, 0.1) is 0 Å². The number of piperazine rings is 1. The van der Waals surface area contributed by atoms with Gasteiger partial charge in [0.1, 0.15) is 0 Å². The Bertz CT molecular complexity index is 462. The topological polar surface area (TPSA) is 32.5 Å². The molecule has 21 heavy (non-hydrogen) atoms. The summed E-state index contributed by atoms with van der Waals surface area (Å²) in [5.74, 6) is 0. The summed E-state index contributed by atoms with van der Waals surface area (Å²) in [4.78, 5) is 5.25. The van der Waals surface area contributed by atoms with Gasteiger partial charge in [0.2, 0.25) is 0 Å². The Morgan fingerprint density at radius 3 is 2.71 bits per heavy atom. The lowest BCUT2D eigenvalue weighted by Gasteiger charge is -2.43. The smallest absolute Gasteiger partial charge is 0.0500 e. The van der Waals surface area contributed by atoms with Gasteiger partial charge in [-0.25, -0.2) is 0 Å². The highest BCUT2D eigenvalue weighted by molar-refractivity contribution is 6.30. The average Bonchev–Trinajstić information content (AvgIpc) is 2.97. The Hall–Kier alpha value is -0.610. The molecular formula is C17H26ClN3. The van der Waals surface area contributed by atoms with E-state index in [1.165, 1.54) is 31.5 Å². The lowest BCUT2D eigenvalue weighted by molar-refractivity contribution is 0.0608. The van der Waals surface area contributed by atoms with Gasteiger partial charge in [-0.1, -0.05) is 30.7 Å². The van der Waals surface area contributed by atoms with E-state index in [-0.39, 0.29) is 6.04 Å². The molecule has 1 aromatic carbocycles. The number of rotatable bonds is 4. The number of fused-ring (bicyclic) bond motifs is 1. The third-order valence-electron chi connectivity index (χ3n) is 5.10. The Morgan fingerprint density at radius 1 is 1.24 bits per heavy atom. The van der Waals surface area contributed by atoms with Crippen LogP contribution >= 0.6 is 11.6 Å². The van der Waals surface area contributed by atoms with E-state index in [2.05, 4.69) is 28.9 Å². The third-order valence-corrected chi connectivity index (χ3v) is 5.35. The van der Waals surface area contributed by atoms with Gasteiger partial charge in [0.15, 0.2) is 0 Å². The lowest BCUT2D eigenvalue weighted by Crippen LogP contribution is -2.54. The quantitative estimate of drug-likeness (QED) is 0.928. The first kappa shape index (κ1) is 15.3. The van der Waals surface area contributed by atoms with E-state index in [0.717, 1.165) is 30.6 Å². The van der Waals surface area contributed by atoms with Crippen molar-refractivity contribution in [3.8, 4) is 0 Å². The average molecular weight is 308 g/mol. The van der Waals surface area contributed by atoms with Crippen LogP contribution in [0.4, 0.5) is 0 Å². The van der Waals surface area contributed by atoms with Crippen molar-refractivity contribution in [1.29, 1.82) is 0 Å². The molecule has 2 aliphatic heterocycles. The monoisotopic (exact) mass is 307 g/mol. The second-order valence-electron chi connectivity index (χ2n) is 6.40. The summed E-state index contributed by atoms with van der Waals surface area (Å²) in [5, 5.41) is 0.795. The van der Waals surface area contributed by atoms with Crippen LogP contribution in [0.1, 0.15) is 37.8 Å². The van der Waals surface area contributed by atoms with Gasteiger partial charge in [0.05, 0.1) is 0 Å². The Kier molecular flexibility index (Phi) is 4.85. The maximum Gasteiger partial charge on any atom is 0.0500 e. The first-order valence-corrected chi connectivity index (χ1v) is 8.56. The standard InChI is InChI=1S/C17H26ClN3/c1-2-16(19)17(13-5-7-14(18)8-6-13)21-11-10-20-9-3-4-15(20)12-21/h5-8,15-17H,2-4,9-12,19H2,1H3. The Balaban J connectivity index is 1.80. The zero-order chi connectivity index (χ0) is 14.8. The summed E-state index contributed by atoms with van der Waals surface area (Å²) in [7, 11) is 0. The SMILES string of the molecule is CCC(N)C(c1ccc(Cl)cc1)N1CCN2CCCC2C1. The minimum Gasteiger partial charge on any atom is -0.326 e. The summed E-state index contributed by atoms with van der Waals surface area (Å²) >= 11 is 6.04. The molecule has 0 amide bonds. The predicted molar refractivity (Wildman–Crippen MR) is 88.6 cm³/mol. The highest BCUT2D eigenvalue weighted by Crippen LogP contribution is 2.31. The fraction of sp³-hybridized carbons (Fsp3) is 0.647. The van der Waals surface area contributed by atoms with E-state index in [1.807, 2.05) is 12.1 Å². The number of nitrogens with two attached hydrogens (primary N) is 1. The molecule has 0 bridgehead atoms. The fourth-order valence-electron chi connectivity index (χ4n) is 3.88. The zero-order valence-electron chi connectivity index (χ0n) is 12.8. The molecule has 0 aliphatic carbocycles. The van der Waals surface area contributed by atoms with Crippen molar-refractivity contribution in [2.45, 2.75) is 44.3 Å². The van der Waals surface area contributed by atoms with Crippen LogP contribution in [0.2, 0.25) is 5.02 Å². The van der Waals surface area contributed by atoms with Crippen LogP contribution in [0.3, 0.4) is 0 Å². The van der Waals surface area contributed by atoms with Crippen LogP contribution in [-0.2, 0) is 0 Å². The Morgan fingerprint density at radius 2 is 2.00 bits per heavy atom. The molecule has 0 saturated carbocycles. The number of benzene rings is 1. The van der Waals surface area contributed by atoms with Gasteiger partial charge in [-0.05, 0) is 43.5 Å². The van der Waals surface area contributed by atoms with Crippen LogP contribution in [0.5, 0.6) is 0 Å². The molecule has 0 aromatic heterocycles. The molecule has 0 spiro atoms. The van der Waals surface area contributed by atoms with Crippen molar-refractivity contribution < 1.29 is 0 Å². The van der Waals surface area contributed by atoms with Crippen molar-refractivity contribution in [3.05, 3.63) is 34.9 Å². The van der Waals surface area contributed by atoms with E-state index >= 15 is 0 Å². The van der Waals surface area contributed by atoms with Crippen LogP contribution in [0.15, 0.2) is 24.3 Å². The van der Waals surface area contributed by atoms with Crippen molar-refractivity contribution >= 4 is 11.6 Å². The molecule has 2 heterocycles. The second kappa shape index (κ2) is 6.66. The highest BCUT2D eigenvalue weighted by Gasteiger charge is 2.35. The summed E-state index contributed by atoms with van der Waals surface area (Å²) < 4.78 is 0. The zero-order valence-corrected chi connectivity index (χ0v) is 13.6. The van der Waals surface area contributed by atoms with Crippen LogP contribution in [-0.4, -0.2) is 48.1 Å². The normalized spacial score (nSPS) is 26.5. The summed E-state index contributed by atoms with van der Waals surface area (Å²) in [5.41, 5.74) is 7.77. The molecule has 0 radical (unpaired) electrons. The maximum absolute atomic E-state index is 6.47. The molecule has 2 fully saturated rings. The molecular weight excluding hydrogens is 282 g/mol. The van der Waals surface area contributed by atoms with E-state index in [1.54, 1.807) is 0 Å². The van der Waals surface area contributed by atoms with Gasteiger partial charge < -0.3 is 5.73 Å². The molecule has 116 valence electrons. The first-order valence-electron chi connectivity index (χ1n) is 8.18. The van der Waals surface area contributed by atoms with Gasteiger partial charge in [0, 0.05) is 42.8 Å². The number of nitrogens with zero attached hydrogens (tertiary/aromatic N) is 2. The van der Waals surface area contributed by atoms with Gasteiger partial charge >= 0.3 is 0 Å². The van der Waals surface area contributed by atoms with Crippen molar-refractivity contribution in [3.63, 3.8) is 0 Å². The van der Waals surface area contributed by atoms with Gasteiger partial charge in [-0.2, -0.15) is 0 Å². The van der Waals surface area contributed by atoms with E-state index in [4.69, 9.17) is 17.3 Å². The predicted octanol–water partition coefficient (Wildman–Crippen LogP) is 2.90. The largest absolute Gasteiger partial charge is 0.326 e. The molecule has 3 atom stereocenters. The van der Waals surface area contributed by atoms with Gasteiger partial charge in [0.25, 0.3) is 0 Å².